The number of pyridine rings is 1. The van der Waals surface area contributed by atoms with E-state index in [1.54, 1.807) is 24.3 Å². The van der Waals surface area contributed by atoms with Crippen LogP contribution in [-0.4, -0.2) is 45.7 Å². The van der Waals surface area contributed by atoms with Crippen LogP contribution in [0.3, 0.4) is 0 Å². The maximum absolute atomic E-state index is 14.4. The average Bonchev–Trinajstić information content (AvgIpc) is 3.59. The van der Waals surface area contributed by atoms with Gasteiger partial charge in [0.05, 0.1) is 27.3 Å². The molecule has 5 N–H and O–H groups in total. The van der Waals surface area contributed by atoms with Crippen molar-refractivity contribution in [3.63, 3.8) is 0 Å². The predicted octanol–water partition coefficient (Wildman–Crippen LogP) is 3.34. The van der Waals surface area contributed by atoms with Crippen molar-refractivity contribution in [1.29, 1.82) is 0 Å². The maximum Gasteiger partial charge on any atom is 0.271 e. The molecule has 1 aliphatic heterocycles. The minimum atomic E-state index is -0.611. The molecule has 0 spiro atoms. The standard InChI is InChI=1S/C25H21Cl2FN8O2/c26-18-10-19(27)17(9-16(18)23-20(28)7-4-8-29-23)24(37)32-22-11-21(25(38)30-12-14-13-31-35-33-14)34-36(22)15-5-2-1-3-6-15/h1-11,14,31,33,35H,12-13H2,(H,30,38)(H,32,37). The summed E-state index contributed by atoms with van der Waals surface area (Å²) in [7, 11) is 0. The minimum Gasteiger partial charge on any atom is -0.349 e. The zero-order valence-corrected chi connectivity index (χ0v) is 21.1. The van der Waals surface area contributed by atoms with Gasteiger partial charge in [0.2, 0.25) is 0 Å². The molecule has 1 saturated heterocycles. The summed E-state index contributed by atoms with van der Waals surface area (Å²) < 4.78 is 15.8. The van der Waals surface area contributed by atoms with Gasteiger partial charge in [0.25, 0.3) is 11.8 Å². The highest BCUT2D eigenvalue weighted by atomic mass is 35.5. The van der Waals surface area contributed by atoms with Gasteiger partial charge in [-0.3, -0.25) is 14.6 Å². The Morgan fingerprint density at radius 3 is 2.61 bits per heavy atom. The van der Waals surface area contributed by atoms with E-state index in [2.05, 4.69) is 37.1 Å². The third-order valence-electron chi connectivity index (χ3n) is 5.72. The van der Waals surface area contributed by atoms with Crippen LogP contribution in [0.4, 0.5) is 10.2 Å². The molecule has 1 atom stereocenters. The molecule has 0 radical (unpaired) electrons. The van der Waals surface area contributed by atoms with Gasteiger partial charge in [-0.05, 0) is 36.4 Å². The summed E-state index contributed by atoms with van der Waals surface area (Å²) in [5.41, 5.74) is 9.60. The number of nitrogens with one attached hydrogen (secondary N) is 5. The molecule has 2 aromatic heterocycles. The number of rotatable bonds is 7. The Hall–Kier alpha value is -3.87. The molecule has 1 unspecified atom stereocenters. The van der Waals surface area contributed by atoms with Crippen LogP contribution in [0.25, 0.3) is 16.9 Å². The van der Waals surface area contributed by atoms with Crippen molar-refractivity contribution >= 4 is 40.8 Å². The number of carbonyl (C=O) groups excluding carboxylic acids is 2. The molecule has 194 valence electrons. The van der Waals surface area contributed by atoms with Crippen molar-refractivity contribution in [2.45, 2.75) is 6.04 Å². The number of hydrazine groups is 2. The van der Waals surface area contributed by atoms with Crippen molar-refractivity contribution in [2.24, 2.45) is 0 Å². The first-order chi connectivity index (χ1) is 18.4. The molecule has 2 aromatic carbocycles. The van der Waals surface area contributed by atoms with Crippen LogP contribution in [0.2, 0.25) is 10.0 Å². The third-order valence-corrected chi connectivity index (χ3v) is 6.35. The summed E-state index contributed by atoms with van der Waals surface area (Å²) in [5.74, 6) is -1.40. The van der Waals surface area contributed by atoms with E-state index in [9.17, 15) is 14.0 Å². The second kappa shape index (κ2) is 11.3. The lowest BCUT2D eigenvalue weighted by Gasteiger charge is -2.12. The lowest BCUT2D eigenvalue weighted by atomic mass is 10.1. The number of carbonyl (C=O) groups is 2. The fraction of sp³-hybridized carbons (Fsp3) is 0.120. The number of para-hydroxylation sites is 1. The number of halogens is 3. The first kappa shape index (κ1) is 25.8. The van der Waals surface area contributed by atoms with E-state index in [4.69, 9.17) is 23.2 Å². The van der Waals surface area contributed by atoms with Crippen LogP contribution in [0.1, 0.15) is 20.8 Å². The highest BCUT2D eigenvalue weighted by Gasteiger charge is 2.22. The Labute approximate surface area is 226 Å². The molecule has 0 saturated carbocycles. The summed E-state index contributed by atoms with van der Waals surface area (Å²) in [5, 5.41) is 10.2. The molecule has 38 heavy (non-hydrogen) atoms. The first-order valence-electron chi connectivity index (χ1n) is 11.5. The zero-order valence-electron chi connectivity index (χ0n) is 19.6. The van der Waals surface area contributed by atoms with Gasteiger partial charge in [-0.2, -0.15) is 10.6 Å². The molecule has 4 aromatic rings. The molecule has 3 heterocycles. The van der Waals surface area contributed by atoms with Crippen LogP contribution in [0.5, 0.6) is 0 Å². The number of nitrogens with zero attached hydrogens (tertiary/aromatic N) is 3. The Kier molecular flexibility index (Phi) is 7.63. The maximum atomic E-state index is 14.4. The average molecular weight is 555 g/mol. The highest BCUT2D eigenvalue weighted by molar-refractivity contribution is 6.38. The summed E-state index contributed by atoms with van der Waals surface area (Å²) in [6.07, 6.45) is 1.42. The van der Waals surface area contributed by atoms with Crippen molar-refractivity contribution in [1.82, 2.24) is 36.5 Å². The molecular formula is C25H21Cl2FN8O2. The minimum absolute atomic E-state index is 0.000448. The van der Waals surface area contributed by atoms with E-state index < -0.39 is 17.6 Å². The van der Waals surface area contributed by atoms with Crippen LogP contribution in [0.15, 0.2) is 66.9 Å². The van der Waals surface area contributed by atoms with Gasteiger partial charge in [0.1, 0.15) is 17.3 Å². The second-order valence-electron chi connectivity index (χ2n) is 8.32. The summed E-state index contributed by atoms with van der Waals surface area (Å²) in [6.45, 7) is 0.984. The van der Waals surface area contributed by atoms with E-state index in [1.165, 1.54) is 41.2 Å². The molecule has 1 aliphatic rings. The molecule has 13 heteroatoms. The van der Waals surface area contributed by atoms with E-state index >= 15 is 0 Å². The smallest absolute Gasteiger partial charge is 0.271 e. The number of benzene rings is 2. The van der Waals surface area contributed by atoms with Crippen LogP contribution >= 0.6 is 23.2 Å². The fourth-order valence-electron chi connectivity index (χ4n) is 3.83. The SMILES string of the molecule is O=C(NCC1CNNN1)c1cc(NC(=O)c2cc(-c3ncccc3F)c(Cl)cc2Cl)n(-c2ccccc2)n1. The zero-order chi connectivity index (χ0) is 26.6. The van der Waals surface area contributed by atoms with Crippen LogP contribution in [0, 0.1) is 5.82 Å². The van der Waals surface area contributed by atoms with Crippen LogP contribution < -0.4 is 27.0 Å². The molecule has 0 bridgehead atoms. The monoisotopic (exact) mass is 554 g/mol. The Morgan fingerprint density at radius 2 is 1.87 bits per heavy atom. The largest absolute Gasteiger partial charge is 0.349 e. The molecular weight excluding hydrogens is 534 g/mol. The normalized spacial score (nSPS) is 14.9. The lowest BCUT2D eigenvalue weighted by molar-refractivity contribution is 0.0944. The van der Waals surface area contributed by atoms with E-state index in [0.29, 0.717) is 18.8 Å². The molecule has 2 amide bonds. The summed E-state index contributed by atoms with van der Waals surface area (Å²) in [4.78, 5) is 30.2. The van der Waals surface area contributed by atoms with Gasteiger partial charge in [0, 0.05) is 30.9 Å². The van der Waals surface area contributed by atoms with Gasteiger partial charge in [0.15, 0.2) is 5.69 Å². The summed E-state index contributed by atoms with van der Waals surface area (Å²) >= 11 is 12.6. The molecule has 5 rings (SSSR count). The lowest BCUT2D eigenvalue weighted by Crippen LogP contribution is -2.41. The van der Waals surface area contributed by atoms with E-state index in [-0.39, 0.29) is 44.4 Å². The molecule has 10 nitrogen and oxygen atoms in total. The first-order valence-corrected chi connectivity index (χ1v) is 12.2. The second-order valence-corrected chi connectivity index (χ2v) is 9.13. The number of aromatic nitrogens is 3. The van der Waals surface area contributed by atoms with Crippen LogP contribution in [-0.2, 0) is 0 Å². The number of anilines is 1. The number of hydrogen-bond donors (Lipinski definition) is 5. The Bertz CT molecular complexity index is 1490. The molecule has 0 aliphatic carbocycles. The Balaban J connectivity index is 1.45. The molecule has 1 fully saturated rings. The van der Waals surface area contributed by atoms with E-state index in [1.807, 2.05) is 6.07 Å². The van der Waals surface area contributed by atoms with Crippen molar-refractivity contribution < 1.29 is 14.0 Å². The fourth-order valence-corrected chi connectivity index (χ4v) is 4.39. The van der Waals surface area contributed by atoms with Gasteiger partial charge in [-0.15, -0.1) is 0 Å². The van der Waals surface area contributed by atoms with Gasteiger partial charge in [-0.25, -0.2) is 19.9 Å². The van der Waals surface area contributed by atoms with Crippen molar-refractivity contribution in [3.8, 4) is 16.9 Å². The van der Waals surface area contributed by atoms with Crippen molar-refractivity contribution in [3.05, 3.63) is 94.0 Å². The van der Waals surface area contributed by atoms with E-state index in [0.717, 1.165) is 0 Å². The Morgan fingerprint density at radius 1 is 1.05 bits per heavy atom. The number of amides is 2. The van der Waals surface area contributed by atoms with Gasteiger partial charge >= 0.3 is 0 Å². The third kappa shape index (κ3) is 5.52. The number of hydrogen-bond acceptors (Lipinski definition) is 7. The van der Waals surface area contributed by atoms with Gasteiger partial charge in [-0.1, -0.05) is 41.4 Å². The summed E-state index contributed by atoms with van der Waals surface area (Å²) in [6, 6.07) is 15.9. The predicted molar refractivity (Wildman–Crippen MR) is 142 cm³/mol. The topological polar surface area (TPSA) is 125 Å². The van der Waals surface area contributed by atoms with Crippen molar-refractivity contribution in [2.75, 3.05) is 18.4 Å². The quantitative estimate of drug-likeness (QED) is 0.237. The van der Waals surface area contributed by atoms with Gasteiger partial charge < -0.3 is 10.6 Å². The highest BCUT2D eigenvalue weighted by Crippen LogP contribution is 2.33.